The number of rotatable bonds is 2. The minimum absolute atomic E-state index is 0. The van der Waals surface area contributed by atoms with Gasteiger partial charge in [-0.1, -0.05) is 0 Å². The molecule has 0 saturated carbocycles. The van der Waals surface area contributed by atoms with Crippen molar-refractivity contribution in [2.75, 3.05) is 0 Å². The van der Waals surface area contributed by atoms with Crippen molar-refractivity contribution in [1.29, 1.82) is 0 Å². The van der Waals surface area contributed by atoms with Crippen LogP contribution in [0.4, 0.5) is 0 Å². The monoisotopic (exact) mass is 628 g/mol. The van der Waals surface area contributed by atoms with Gasteiger partial charge in [-0.25, -0.2) is 0 Å². The summed E-state index contributed by atoms with van der Waals surface area (Å²) in [4.78, 5) is 0. The minimum Gasteiger partial charge on any atom is -1.00 e. The largest absolute Gasteiger partial charge is 1.00 e. The number of hydrogen-bond acceptors (Lipinski definition) is 0. The second kappa shape index (κ2) is 10.9. The van der Waals surface area contributed by atoms with Crippen LogP contribution in [0.1, 0.15) is 124 Å². The average molecular weight is 631 g/mol. The fourth-order valence-corrected chi connectivity index (χ4v) is 11.8. The second-order valence-electron chi connectivity index (χ2n) is 15.3. The Kier molecular flexibility index (Phi) is 9.61. The molecular formula is C35H48Cl2Zr. The summed E-state index contributed by atoms with van der Waals surface area (Å²) in [5.74, 6) is 0. The van der Waals surface area contributed by atoms with Crippen LogP contribution in [0.25, 0.3) is 11.1 Å². The van der Waals surface area contributed by atoms with Gasteiger partial charge < -0.3 is 24.8 Å². The van der Waals surface area contributed by atoms with Gasteiger partial charge >= 0.3 is 231 Å². The maximum atomic E-state index is 5.12. The van der Waals surface area contributed by atoms with Gasteiger partial charge in [-0.05, 0) is 0 Å². The third kappa shape index (κ3) is 6.26. The van der Waals surface area contributed by atoms with Crippen LogP contribution in [0.3, 0.4) is 0 Å². The van der Waals surface area contributed by atoms with Gasteiger partial charge in [0.05, 0.1) is 0 Å². The Bertz CT molecular complexity index is 1180. The van der Waals surface area contributed by atoms with Crippen LogP contribution in [0.2, 0.25) is 0 Å². The fraction of sp³-hybridized carbons (Fsp3) is 0.514. The second-order valence-corrected chi connectivity index (χ2v) is 21.2. The molecule has 4 rings (SSSR count). The summed E-state index contributed by atoms with van der Waals surface area (Å²) < 4.78 is 6.13. The molecule has 0 bridgehead atoms. The predicted molar refractivity (Wildman–Crippen MR) is 158 cm³/mol. The normalized spacial score (nSPS) is 18.8. The van der Waals surface area contributed by atoms with Crippen LogP contribution < -0.4 is 24.8 Å². The number of hydrogen-bond donors (Lipinski definition) is 0. The summed E-state index contributed by atoms with van der Waals surface area (Å²) in [6.45, 7) is 28.2. The molecule has 2 aliphatic rings. The quantitative estimate of drug-likeness (QED) is 0.471. The number of fused-ring (bicyclic) bond motifs is 2. The zero-order chi connectivity index (χ0) is 27.0. The molecule has 0 nitrogen and oxygen atoms in total. The predicted octanol–water partition coefficient (Wildman–Crippen LogP) is 4.01. The standard InChI is InChI=1S/2C17H23.CH2.2ClH.Zr/c2*1-16(2,3)13-8-9-14-12(11-13)7-10-15(14)17(4,5)6;;;;/h2*7-11H,1-6H3;1H2;2*1H;/q;;;;;+2/p-2. The Morgan fingerprint density at radius 1 is 0.526 bits per heavy atom. The zero-order valence-electron chi connectivity index (χ0n) is 25.7. The molecule has 0 spiro atoms. The Morgan fingerprint density at radius 3 is 1.11 bits per heavy atom. The van der Waals surface area contributed by atoms with E-state index < -0.39 is 21.3 Å². The van der Waals surface area contributed by atoms with Crippen molar-refractivity contribution in [2.24, 2.45) is 10.8 Å². The summed E-state index contributed by atoms with van der Waals surface area (Å²) in [5.41, 5.74) is 12.6. The average Bonchev–Trinajstić information content (AvgIpc) is 3.30. The van der Waals surface area contributed by atoms with Crippen LogP contribution in [0, 0.1) is 10.8 Å². The third-order valence-electron chi connectivity index (χ3n) is 8.17. The van der Waals surface area contributed by atoms with Crippen molar-refractivity contribution < 1.29 is 46.1 Å². The van der Waals surface area contributed by atoms with Crippen molar-refractivity contribution in [3.8, 4) is 0 Å². The van der Waals surface area contributed by atoms with E-state index >= 15 is 0 Å². The van der Waals surface area contributed by atoms with Crippen LogP contribution in [0.15, 0.2) is 48.6 Å². The number of halogens is 2. The molecule has 0 radical (unpaired) electrons. The Morgan fingerprint density at radius 2 is 0.842 bits per heavy atom. The molecule has 0 saturated heterocycles. The molecule has 0 fully saturated rings. The van der Waals surface area contributed by atoms with E-state index in [1.165, 1.54) is 33.4 Å². The molecule has 38 heavy (non-hydrogen) atoms. The first-order chi connectivity index (χ1) is 16.3. The van der Waals surface area contributed by atoms with Gasteiger partial charge in [0.2, 0.25) is 0 Å². The van der Waals surface area contributed by atoms with Gasteiger partial charge in [0.25, 0.3) is 0 Å². The molecule has 2 atom stereocenters. The summed E-state index contributed by atoms with van der Waals surface area (Å²) in [7, 11) is 0. The summed E-state index contributed by atoms with van der Waals surface area (Å²) in [6.07, 6.45) is 5.30. The van der Waals surface area contributed by atoms with Crippen molar-refractivity contribution in [2.45, 2.75) is 101 Å². The first kappa shape index (κ1) is 33.5. The van der Waals surface area contributed by atoms with Crippen molar-refractivity contribution in [3.05, 3.63) is 81.9 Å². The van der Waals surface area contributed by atoms with Crippen LogP contribution in [0.5, 0.6) is 0 Å². The van der Waals surface area contributed by atoms with Crippen LogP contribution >= 0.6 is 0 Å². The molecular weight excluding hydrogens is 583 g/mol. The first-order valence-electron chi connectivity index (χ1n) is 13.7. The van der Waals surface area contributed by atoms with Gasteiger partial charge in [0.1, 0.15) is 0 Å². The SMILES string of the molecule is [CH2]=[Zr+2]([CH]1C=C(C(C)(C)C)c2ccc(C(C)(C)C)cc21)[CH]1C=C(C(C)(C)C)c2ccc(C(C)(C)C)cc21.[Cl-].[Cl-]. The summed E-state index contributed by atoms with van der Waals surface area (Å²) in [5, 5.41) is 0. The van der Waals surface area contributed by atoms with Gasteiger partial charge in [0.15, 0.2) is 0 Å². The van der Waals surface area contributed by atoms with Gasteiger partial charge in [0, 0.05) is 0 Å². The molecule has 2 aromatic carbocycles. The van der Waals surface area contributed by atoms with E-state index in [0.29, 0.717) is 7.25 Å². The molecule has 0 aliphatic heterocycles. The van der Waals surface area contributed by atoms with E-state index in [2.05, 4.69) is 132 Å². The maximum absolute atomic E-state index is 5.12. The zero-order valence-corrected chi connectivity index (χ0v) is 29.7. The molecule has 0 heterocycles. The molecule has 2 aromatic rings. The van der Waals surface area contributed by atoms with E-state index in [1.54, 1.807) is 11.1 Å². The van der Waals surface area contributed by atoms with Gasteiger partial charge in [-0.15, -0.1) is 0 Å². The van der Waals surface area contributed by atoms with E-state index in [0.717, 1.165) is 0 Å². The van der Waals surface area contributed by atoms with E-state index in [9.17, 15) is 0 Å². The van der Waals surface area contributed by atoms with Crippen molar-refractivity contribution in [1.82, 2.24) is 0 Å². The van der Waals surface area contributed by atoms with E-state index in [4.69, 9.17) is 4.21 Å². The molecule has 206 valence electrons. The summed E-state index contributed by atoms with van der Waals surface area (Å²) >= 11 is -2.30. The topological polar surface area (TPSA) is 0 Å². The minimum atomic E-state index is -2.30. The smallest absolute Gasteiger partial charge is 1.00 e. The Labute approximate surface area is 253 Å². The summed E-state index contributed by atoms with van der Waals surface area (Å²) in [6, 6.07) is 14.6. The molecule has 3 heteroatoms. The van der Waals surface area contributed by atoms with Crippen molar-refractivity contribution in [3.63, 3.8) is 0 Å². The Hall–Kier alpha value is -0.747. The van der Waals surface area contributed by atoms with Gasteiger partial charge in [-0.2, -0.15) is 0 Å². The van der Waals surface area contributed by atoms with E-state index in [-0.39, 0.29) is 46.5 Å². The molecule has 0 amide bonds. The molecule has 0 aromatic heterocycles. The molecule has 0 N–H and O–H groups in total. The fourth-order valence-electron chi connectivity index (χ4n) is 5.87. The van der Waals surface area contributed by atoms with Crippen LogP contribution in [-0.4, -0.2) is 4.21 Å². The third-order valence-corrected chi connectivity index (χ3v) is 14.4. The van der Waals surface area contributed by atoms with Gasteiger partial charge in [-0.3, -0.25) is 0 Å². The Balaban J connectivity index is 0.00000253. The van der Waals surface area contributed by atoms with E-state index in [1.807, 2.05) is 0 Å². The maximum Gasteiger partial charge on any atom is -1.00 e. The van der Waals surface area contributed by atoms with Crippen LogP contribution in [-0.2, 0) is 32.1 Å². The first-order valence-corrected chi connectivity index (χ1v) is 18.3. The molecule has 2 aliphatic carbocycles. The number of benzene rings is 2. The van der Waals surface area contributed by atoms with Crippen molar-refractivity contribution >= 4 is 15.4 Å². The molecule has 2 unspecified atom stereocenters. The number of allylic oxidation sites excluding steroid dienone is 4.